The number of hydrogen-bond donors (Lipinski definition) is 2. The van der Waals surface area contributed by atoms with Crippen LogP contribution < -0.4 is 20.3 Å². The van der Waals surface area contributed by atoms with Crippen LogP contribution in [0.1, 0.15) is 11.1 Å². The van der Waals surface area contributed by atoms with Crippen molar-refractivity contribution >= 4 is 17.3 Å². The number of para-hydroxylation sites is 2. The highest BCUT2D eigenvalue weighted by atomic mass is 35.5. The number of ether oxygens (including phenoxy) is 2. The third-order valence-corrected chi connectivity index (χ3v) is 4.18. The first kappa shape index (κ1) is 18.1. The first-order valence-corrected chi connectivity index (χ1v) is 8.71. The lowest BCUT2D eigenvalue weighted by Crippen LogP contribution is -2.20. The van der Waals surface area contributed by atoms with Gasteiger partial charge in [-0.1, -0.05) is 48.0 Å². The second-order valence-electron chi connectivity index (χ2n) is 5.71. The lowest BCUT2D eigenvalue weighted by molar-refractivity contribution is 0.296. The Balaban J connectivity index is 1.63. The molecule has 0 saturated heterocycles. The van der Waals surface area contributed by atoms with Crippen molar-refractivity contribution in [2.24, 2.45) is 0 Å². The molecule has 0 heterocycles. The van der Waals surface area contributed by atoms with E-state index in [1.807, 2.05) is 66.7 Å². The number of hydrogen-bond acceptors (Lipinski definition) is 4. The van der Waals surface area contributed by atoms with Crippen LogP contribution in [0.3, 0.4) is 0 Å². The number of hydrazine groups is 1. The summed E-state index contributed by atoms with van der Waals surface area (Å²) in [6.45, 7) is 1.05. The number of methoxy groups -OCH3 is 1. The number of rotatable bonds is 8. The summed E-state index contributed by atoms with van der Waals surface area (Å²) in [5.74, 6) is 1.45. The summed E-state index contributed by atoms with van der Waals surface area (Å²) in [6, 6.07) is 23.4. The van der Waals surface area contributed by atoms with Gasteiger partial charge in [-0.05, 0) is 42.0 Å². The monoisotopic (exact) mass is 368 g/mol. The predicted octanol–water partition coefficient (Wildman–Crippen LogP) is 5.04. The zero-order valence-corrected chi connectivity index (χ0v) is 15.3. The molecule has 0 spiro atoms. The van der Waals surface area contributed by atoms with Gasteiger partial charge < -0.3 is 14.9 Å². The minimum Gasteiger partial charge on any atom is -0.496 e. The van der Waals surface area contributed by atoms with Crippen LogP contribution in [0, 0.1) is 0 Å². The molecule has 0 aliphatic carbocycles. The Morgan fingerprint density at radius 1 is 0.885 bits per heavy atom. The molecule has 0 aliphatic rings. The van der Waals surface area contributed by atoms with Crippen molar-refractivity contribution in [3.8, 4) is 11.5 Å². The Labute approximate surface area is 158 Å². The molecule has 0 atom stereocenters. The Bertz CT molecular complexity index is 840. The molecule has 134 valence electrons. The maximum absolute atomic E-state index is 6.15. The van der Waals surface area contributed by atoms with Crippen molar-refractivity contribution in [2.75, 3.05) is 12.5 Å². The van der Waals surface area contributed by atoms with E-state index in [-0.39, 0.29) is 0 Å². The van der Waals surface area contributed by atoms with E-state index in [0.717, 1.165) is 22.6 Å². The fourth-order valence-corrected chi connectivity index (χ4v) is 2.73. The molecule has 4 nitrogen and oxygen atoms in total. The molecule has 0 saturated carbocycles. The van der Waals surface area contributed by atoms with Crippen LogP contribution in [-0.4, -0.2) is 7.11 Å². The second-order valence-corrected chi connectivity index (χ2v) is 6.12. The lowest BCUT2D eigenvalue weighted by Gasteiger charge is -2.14. The second kappa shape index (κ2) is 9.13. The van der Waals surface area contributed by atoms with Gasteiger partial charge in [0.2, 0.25) is 0 Å². The molecular weight excluding hydrogens is 348 g/mol. The highest BCUT2D eigenvalue weighted by Gasteiger charge is 2.07. The molecule has 0 aromatic heterocycles. The molecule has 5 heteroatoms. The fraction of sp³-hybridized carbons (Fsp3) is 0.143. The van der Waals surface area contributed by atoms with Crippen molar-refractivity contribution in [1.82, 2.24) is 5.43 Å². The summed E-state index contributed by atoms with van der Waals surface area (Å²) >= 11 is 6.15. The van der Waals surface area contributed by atoms with Gasteiger partial charge in [0.25, 0.3) is 0 Å². The van der Waals surface area contributed by atoms with Crippen LogP contribution in [0.2, 0.25) is 5.02 Å². The number of nitrogens with one attached hydrogen (secondary N) is 2. The minimum absolute atomic E-state index is 0.382. The van der Waals surface area contributed by atoms with Crippen LogP contribution in [0.15, 0.2) is 72.8 Å². The Morgan fingerprint density at radius 2 is 1.65 bits per heavy atom. The van der Waals surface area contributed by atoms with Crippen molar-refractivity contribution in [2.45, 2.75) is 13.2 Å². The molecule has 2 N–H and O–H groups in total. The molecule has 0 fully saturated rings. The summed E-state index contributed by atoms with van der Waals surface area (Å²) < 4.78 is 11.3. The Morgan fingerprint density at radius 3 is 2.42 bits per heavy atom. The first-order valence-electron chi connectivity index (χ1n) is 8.33. The summed E-state index contributed by atoms with van der Waals surface area (Å²) in [5.41, 5.74) is 9.49. The van der Waals surface area contributed by atoms with E-state index in [4.69, 9.17) is 21.1 Å². The molecule has 3 aromatic rings. The van der Waals surface area contributed by atoms with E-state index < -0.39 is 0 Å². The molecular formula is C21H21ClN2O2. The first-order chi connectivity index (χ1) is 12.8. The highest BCUT2D eigenvalue weighted by Crippen LogP contribution is 2.26. The summed E-state index contributed by atoms with van der Waals surface area (Å²) in [7, 11) is 1.66. The van der Waals surface area contributed by atoms with Gasteiger partial charge in [0.05, 0.1) is 12.1 Å². The number of benzene rings is 3. The molecule has 0 unspecified atom stereocenters. The normalized spacial score (nSPS) is 10.4. The summed E-state index contributed by atoms with van der Waals surface area (Å²) in [6.07, 6.45) is 0. The third-order valence-electron chi connectivity index (χ3n) is 3.86. The van der Waals surface area contributed by atoms with Gasteiger partial charge in [-0.15, -0.1) is 0 Å². The maximum atomic E-state index is 6.15. The Hall–Kier alpha value is -2.69. The average molecular weight is 369 g/mol. The summed E-state index contributed by atoms with van der Waals surface area (Å²) in [4.78, 5) is 0. The largest absolute Gasteiger partial charge is 0.496 e. The van der Waals surface area contributed by atoms with Gasteiger partial charge in [0.15, 0.2) is 0 Å². The maximum Gasteiger partial charge on any atom is 0.138 e. The smallest absolute Gasteiger partial charge is 0.138 e. The topological polar surface area (TPSA) is 42.5 Å². The van der Waals surface area contributed by atoms with E-state index in [2.05, 4.69) is 16.9 Å². The zero-order chi connectivity index (χ0) is 18.2. The third kappa shape index (κ3) is 4.91. The van der Waals surface area contributed by atoms with E-state index in [1.165, 1.54) is 0 Å². The molecule has 3 rings (SSSR count). The summed E-state index contributed by atoms with van der Waals surface area (Å²) in [5, 5.41) is 0.594. The van der Waals surface area contributed by atoms with Crippen molar-refractivity contribution < 1.29 is 9.47 Å². The van der Waals surface area contributed by atoms with E-state index in [1.54, 1.807) is 7.11 Å². The van der Waals surface area contributed by atoms with Gasteiger partial charge >= 0.3 is 0 Å². The lowest BCUT2D eigenvalue weighted by atomic mass is 10.1. The van der Waals surface area contributed by atoms with Crippen LogP contribution in [0.5, 0.6) is 11.5 Å². The molecule has 0 radical (unpaired) electrons. The van der Waals surface area contributed by atoms with Crippen LogP contribution in [0.4, 0.5) is 5.69 Å². The molecule has 0 amide bonds. The van der Waals surface area contributed by atoms with Crippen LogP contribution in [0.25, 0.3) is 0 Å². The SMILES string of the molecule is COc1ccc(CNNc2ccccc2)cc1COc1ccccc1Cl. The highest BCUT2D eigenvalue weighted by molar-refractivity contribution is 6.32. The fourth-order valence-electron chi connectivity index (χ4n) is 2.54. The molecule has 0 aliphatic heterocycles. The van der Waals surface area contributed by atoms with Crippen LogP contribution in [-0.2, 0) is 13.2 Å². The van der Waals surface area contributed by atoms with Gasteiger partial charge in [-0.2, -0.15) is 0 Å². The Kier molecular flexibility index (Phi) is 6.36. The van der Waals surface area contributed by atoms with Gasteiger partial charge in [0.1, 0.15) is 18.1 Å². The van der Waals surface area contributed by atoms with E-state index in [9.17, 15) is 0 Å². The van der Waals surface area contributed by atoms with Gasteiger partial charge in [-0.3, -0.25) is 0 Å². The predicted molar refractivity (Wildman–Crippen MR) is 106 cm³/mol. The minimum atomic E-state index is 0.382. The molecule has 0 bridgehead atoms. The standard InChI is InChI=1S/C21H21ClN2O2/c1-25-20-12-11-16(14-23-24-18-7-3-2-4-8-18)13-17(20)15-26-21-10-6-5-9-19(21)22/h2-13,23-24H,14-15H2,1H3. The van der Waals surface area contributed by atoms with Crippen molar-refractivity contribution in [1.29, 1.82) is 0 Å². The number of halogens is 1. The average Bonchev–Trinajstić information content (AvgIpc) is 2.68. The van der Waals surface area contributed by atoms with Crippen LogP contribution >= 0.6 is 11.6 Å². The van der Waals surface area contributed by atoms with E-state index >= 15 is 0 Å². The molecule has 26 heavy (non-hydrogen) atoms. The number of anilines is 1. The molecule has 3 aromatic carbocycles. The van der Waals surface area contributed by atoms with Gasteiger partial charge in [0, 0.05) is 17.8 Å². The van der Waals surface area contributed by atoms with E-state index in [0.29, 0.717) is 23.9 Å². The zero-order valence-electron chi connectivity index (χ0n) is 14.5. The van der Waals surface area contributed by atoms with Crippen molar-refractivity contribution in [3.05, 3.63) is 88.9 Å². The quantitative estimate of drug-likeness (QED) is 0.546. The van der Waals surface area contributed by atoms with Crippen molar-refractivity contribution in [3.63, 3.8) is 0 Å². The van der Waals surface area contributed by atoms with Gasteiger partial charge in [-0.25, -0.2) is 5.43 Å².